The third-order valence-corrected chi connectivity index (χ3v) is 3.51. The molecule has 2 rings (SSSR count). The van der Waals surface area contributed by atoms with E-state index in [1.807, 2.05) is 12.1 Å². The quantitative estimate of drug-likeness (QED) is 0.884. The highest BCUT2D eigenvalue weighted by atomic mass is 79.9. The molecule has 1 aromatic rings. The van der Waals surface area contributed by atoms with Gasteiger partial charge in [-0.15, -0.1) is 0 Å². The van der Waals surface area contributed by atoms with Crippen molar-refractivity contribution in [2.45, 2.75) is 12.5 Å². The lowest BCUT2D eigenvalue weighted by Gasteiger charge is -2.23. The normalized spacial score (nSPS) is 18.9. The van der Waals surface area contributed by atoms with E-state index in [9.17, 15) is 4.79 Å². The van der Waals surface area contributed by atoms with Crippen LogP contribution in [0.3, 0.4) is 0 Å². The zero-order chi connectivity index (χ0) is 13.7. The van der Waals surface area contributed by atoms with Crippen LogP contribution in [0, 0.1) is 0 Å². The van der Waals surface area contributed by atoms with Gasteiger partial charge in [0.2, 0.25) is 5.91 Å². The van der Waals surface area contributed by atoms with E-state index in [4.69, 9.17) is 9.47 Å². The molecule has 1 atom stereocenters. The SMILES string of the molecule is COc1cc(NC(=O)CC2CNCCO2)ccc1Br. The van der Waals surface area contributed by atoms with Crippen LogP contribution < -0.4 is 15.4 Å². The van der Waals surface area contributed by atoms with Gasteiger partial charge in [-0.1, -0.05) is 0 Å². The molecule has 0 bridgehead atoms. The molecule has 19 heavy (non-hydrogen) atoms. The van der Waals surface area contributed by atoms with Gasteiger partial charge in [0.15, 0.2) is 0 Å². The highest BCUT2D eigenvalue weighted by Crippen LogP contribution is 2.27. The van der Waals surface area contributed by atoms with Crippen molar-refractivity contribution in [2.75, 3.05) is 32.1 Å². The summed E-state index contributed by atoms with van der Waals surface area (Å²) in [4.78, 5) is 11.9. The van der Waals surface area contributed by atoms with Crippen LogP contribution in [0.25, 0.3) is 0 Å². The van der Waals surface area contributed by atoms with Crippen molar-refractivity contribution in [3.8, 4) is 5.75 Å². The minimum atomic E-state index is -0.0573. The number of carbonyl (C=O) groups is 1. The van der Waals surface area contributed by atoms with Crippen LogP contribution in [-0.4, -0.2) is 38.8 Å². The van der Waals surface area contributed by atoms with Gasteiger partial charge in [-0.2, -0.15) is 0 Å². The molecule has 0 radical (unpaired) electrons. The number of benzene rings is 1. The van der Waals surface area contributed by atoms with Crippen LogP contribution in [0.2, 0.25) is 0 Å². The first kappa shape index (κ1) is 14.3. The van der Waals surface area contributed by atoms with Crippen molar-refractivity contribution >= 4 is 27.5 Å². The minimum absolute atomic E-state index is 0.0499. The first-order valence-corrected chi connectivity index (χ1v) is 6.94. The maximum Gasteiger partial charge on any atom is 0.227 e. The number of anilines is 1. The number of ether oxygens (including phenoxy) is 2. The number of amides is 1. The molecule has 2 N–H and O–H groups in total. The molecule has 1 aliphatic rings. The first-order chi connectivity index (χ1) is 9.19. The van der Waals surface area contributed by atoms with Crippen molar-refractivity contribution in [1.82, 2.24) is 5.32 Å². The van der Waals surface area contributed by atoms with Crippen molar-refractivity contribution < 1.29 is 14.3 Å². The molecule has 0 saturated carbocycles. The molecule has 0 aliphatic carbocycles. The highest BCUT2D eigenvalue weighted by Gasteiger charge is 2.17. The molecule has 5 nitrogen and oxygen atoms in total. The Kier molecular flexibility index (Phi) is 5.18. The van der Waals surface area contributed by atoms with Crippen LogP contribution in [-0.2, 0) is 9.53 Å². The fourth-order valence-electron chi connectivity index (χ4n) is 1.91. The number of halogens is 1. The minimum Gasteiger partial charge on any atom is -0.495 e. The van der Waals surface area contributed by atoms with Gasteiger partial charge in [-0.05, 0) is 28.1 Å². The van der Waals surface area contributed by atoms with Crippen molar-refractivity contribution in [3.63, 3.8) is 0 Å². The maximum absolute atomic E-state index is 11.9. The molecule has 1 amide bonds. The predicted molar refractivity (Wildman–Crippen MR) is 76.6 cm³/mol. The molecule has 6 heteroatoms. The Hall–Kier alpha value is -1.11. The highest BCUT2D eigenvalue weighted by molar-refractivity contribution is 9.10. The van der Waals surface area contributed by atoms with Gasteiger partial charge in [0.25, 0.3) is 0 Å². The van der Waals surface area contributed by atoms with Crippen LogP contribution in [0.15, 0.2) is 22.7 Å². The maximum atomic E-state index is 11.9. The number of carbonyl (C=O) groups excluding carboxylic acids is 1. The van der Waals surface area contributed by atoms with E-state index in [2.05, 4.69) is 26.6 Å². The van der Waals surface area contributed by atoms with Crippen molar-refractivity contribution in [3.05, 3.63) is 22.7 Å². The second-order valence-electron chi connectivity index (χ2n) is 4.30. The summed E-state index contributed by atoms with van der Waals surface area (Å²) in [6.07, 6.45) is 0.303. The summed E-state index contributed by atoms with van der Waals surface area (Å²) in [5, 5.41) is 6.04. The summed E-state index contributed by atoms with van der Waals surface area (Å²) in [7, 11) is 1.59. The van der Waals surface area contributed by atoms with E-state index in [-0.39, 0.29) is 12.0 Å². The standard InChI is InChI=1S/C13H17BrN2O3/c1-18-12-6-9(2-3-11(12)14)16-13(17)7-10-8-15-4-5-19-10/h2-3,6,10,15H,4-5,7-8H2,1H3,(H,16,17). The summed E-state index contributed by atoms with van der Waals surface area (Å²) < 4.78 is 11.5. The largest absolute Gasteiger partial charge is 0.495 e. The van der Waals surface area contributed by atoms with Crippen molar-refractivity contribution in [2.24, 2.45) is 0 Å². The Morgan fingerprint density at radius 1 is 1.63 bits per heavy atom. The molecule has 1 aliphatic heterocycles. The number of morpholine rings is 1. The van der Waals surface area contributed by atoms with E-state index in [1.54, 1.807) is 13.2 Å². The fourth-order valence-corrected chi connectivity index (χ4v) is 2.32. The van der Waals surface area contributed by atoms with E-state index in [1.165, 1.54) is 0 Å². The number of rotatable bonds is 4. The van der Waals surface area contributed by atoms with Gasteiger partial charge in [0, 0.05) is 24.8 Å². The topological polar surface area (TPSA) is 59.6 Å². The number of hydrogen-bond acceptors (Lipinski definition) is 4. The van der Waals surface area contributed by atoms with Gasteiger partial charge >= 0.3 is 0 Å². The lowest BCUT2D eigenvalue weighted by Crippen LogP contribution is -2.40. The van der Waals surface area contributed by atoms with Gasteiger partial charge in [0.05, 0.1) is 30.7 Å². The average molecular weight is 329 g/mol. The third kappa shape index (κ3) is 4.19. The molecule has 1 heterocycles. The van der Waals surface area contributed by atoms with Crippen LogP contribution >= 0.6 is 15.9 Å². The molecule has 1 fully saturated rings. The van der Waals surface area contributed by atoms with Crippen LogP contribution in [0.5, 0.6) is 5.75 Å². The summed E-state index contributed by atoms with van der Waals surface area (Å²) in [6.45, 7) is 2.23. The molecule has 1 saturated heterocycles. The fraction of sp³-hybridized carbons (Fsp3) is 0.462. The third-order valence-electron chi connectivity index (χ3n) is 2.85. The van der Waals surface area contributed by atoms with Gasteiger partial charge in [-0.3, -0.25) is 4.79 Å². The molecular formula is C13H17BrN2O3. The summed E-state index contributed by atoms with van der Waals surface area (Å²) >= 11 is 3.37. The van der Waals surface area contributed by atoms with Crippen LogP contribution in [0.1, 0.15) is 6.42 Å². The molecule has 104 valence electrons. The number of hydrogen-bond donors (Lipinski definition) is 2. The van der Waals surface area contributed by atoms with E-state index >= 15 is 0 Å². The Morgan fingerprint density at radius 2 is 2.47 bits per heavy atom. The Bertz CT molecular complexity index is 448. The molecule has 1 unspecified atom stereocenters. The van der Waals surface area contributed by atoms with Crippen LogP contribution in [0.4, 0.5) is 5.69 Å². The summed E-state index contributed by atoms with van der Waals surface area (Å²) in [5.74, 6) is 0.631. The zero-order valence-corrected chi connectivity index (χ0v) is 12.3. The predicted octanol–water partition coefficient (Wildman–Crippen LogP) is 1.77. The van der Waals surface area contributed by atoms with E-state index in [0.29, 0.717) is 24.5 Å². The lowest BCUT2D eigenvalue weighted by atomic mass is 10.2. The number of methoxy groups -OCH3 is 1. The van der Waals surface area contributed by atoms with Crippen molar-refractivity contribution in [1.29, 1.82) is 0 Å². The Balaban J connectivity index is 1.90. The van der Waals surface area contributed by atoms with E-state index < -0.39 is 0 Å². The average Bonchev–Trinajstić information content (AvgIpc) is 2.42. The molecular weight excluding hydrogens is 312 g/mol. The second kappa shape index (κ2) is 6.88. The lowest BCUT2D eigenvalue weighted by molar-refractivity contribution is -0.119. The molecule has 0 aromatic heterocycles. The van der Waals surface area contributed by atoms with E-state index in [0.717, 1.165) is 17.6 Å². The smallest absolute Gasteiger partial charge is 0.227 e. The summed E-state index contributed by atoms with van der Waals surface area (Å²) in [6, 6.07) is 5.44. The van der Waals surface area contributed by atoms with Gasteiger partial charge in [0.1, 0.15) is 5.75 Å². The molecule has 0 spiro atoms. The summed E-state index contributed by atoms with van der Waals surface area (Å²) in [5.41, 5.74) is 0.716. The second-order valence-corrected chi connectivity index (χ2v) is 5.15. The first-order valence-electron chi connectivity index (χ1n) is 6.15. The number of nitrogens with one attached hydrogen (secondary N) is 2. The monoisotopic (exact) mass is 328 g/mol. The van der Waals surface area contributed by atoms with Gasteiger partial charge in [-0.25, -0.2) is 0 Å². The Morgan fingerprint density at radius 3 is 3.16 bits per heavy atom. The van der Waals surface area contributed by atoms with Gasteiger partial charge < -0.3 is 20.1 Å². The molecule has 1 aromatic carbocycles. The zero-order valence-electron chi connectivity index (χ0n) is 10.7. The Labute approximate surface area is 120 Å².